The number of hydrogen-bond donors (Lipinski definition) is 1. The molecule has 0 saturated carbocycles. The number of unbranched alkanes of at least 4 members (excludes halogenated alkanes) is 1. The van der Waals surface area contributed by atoms with Crippen molar-refractivity contribution in [1.29, 1.82) is 0 Å². The Hall–Kier alpha value is -0.870. The Morgan fingerprint density at radius 3 is 2.68 bits per heavy atom. The van der Waals surface area contributed by atoms with Gasteiger partial charge in [-0.3, -0.25) is 9.69 Å². The van der Waals surface area contributed by atoms with Gasteiger partial charge in [0.05, 0.1) is 13.2 Å². The number of allylic oxidation sites excluding steroid dienone is 2. The Labute approximate surface area is 117 Å². The summed E-state index contributed by atoms with van der Waals surface area (Å²) in [5, 5.41) is 9.08. The highest BCUT2D eigenvalue weighted by Gasteiger charge is 2.20. The van der Waals surface area contributed by atoms with E-state index in [-0.39, 0.29) is 12.5 Å². The quantitative estimate of drug-likeness (QED) is 0.695. The number of aliphatic hydroxyl groups excluding tert-OH is 1. The second kappa shape index (κ2) is 9.10. The molecule has 0 aromatic heterocycles. The van der Waals surface area contributed by atoms with Gasteiger partial charge in [0.15, 0.2) is 0 Å². The number of hydrogen-bond acceptors (Lipinski definition) is 3. The fourth-order valence-electron chi connectivity index (χ4n) is 2.51. The van der Waals surface area contributed by atoms with E-state index in [0.717, 1.165) is 45.2 Å². The lowest BCUT2D eigenvalue weighted by atomic mass is 10.2. The van der Waals surface area contributed by atoms with E-state index < -0.39 is 0 Å². The van der Waals surface area contributed by atoms with Gasteiger partial charge in [0.2, 0.25) is 5.91 Å². The van der Waals surface area contributed by atoms with Crippen LogP contribution in [0.2, 0.25) is 0 Å². The molecular weight excluding hydrogens is 240 g/mol. The molecule has 1 amide bonds. The van der Waals surface area contributed by atoms with Gasteiger partial charge in [-0.2, -0.15) is 0 Å². The Kier molecular flexibility index (Phi) is 7.75. The molecule has 0 heterocycles. The van der Waals surface area contributed by atoms with Gasteiger partial charge in [0, 0.05) is 18.8 Å². The zero-order valence-corrected chi connectivity index (χ0v) is 12.4. The first-order valence-electron chi connectivity index (χ1n) is 7.55. The Bertz CT molecular complexity index is 303. The van der Waals surface area contributed by atoms with E-state index in [4.69, 9.17) is 5.11 Å². The Balaban J connectivity index is 2.52. The normalized spacial score (nSPS) is 14.8. The molecule has 4 heteroatoms. The molecule has 0 saturated heterocycles. The van der Waals surface area contributed by atoms with Crippen LogP contribution in [-0.4, -0.2) is 53.6 Å². The molecule has 0 aliphatic heterocycles. The van der Waals surface area contributed by atoms with E-state index in [0.29, 0.717) is 13.1 Å². The maximum Gasteiger partial charge on any atom is 0.240 e. The Morgan fingerprint density at radius 1 is 1.37 bits per heavy atom. The first-order valence-corrected chi connectivity index (χ1v) is 7.55. The number of carbonyl (C=O) groups is 1. The molecule has 110 valence electrons. The zero-order valence-electron chi connectivity index (χ0n) is 12.4. The lowest BCUT2D eigenvalue weighted by Crippen LogP contribution is -2.41. The second-order valence-electron chi connectivity index (χ2n) is 5.08. The van der Waals surface area contributed by atoms with Gasteiger partial charge in [-0.05, 0) is 39.2 Å². The summed E-state index contributed by atoms with van der Waals surface area (Å²) in [5.41, 5.74) is 1.19. The minimum absolute atomic E-state index is 0.117. The van der Waals surface area contributed by atoms with Crippen LogP contribution in [0.3, 0.4) is 0 Å². The number of likely N-dealkylation sites (N-methyl/N-ethyl adjacent to an activating group) is 1. The first-order chi connectivity index (χ1) is 9.22. The first kappa shape index (κ1) is 16.2. The van der Waals surface area contributed by atoms with E-state index in [1.165, 1.54) is 5.70 Å². The highest BCUT2D eigenvalue weighted by Crippen LogP contribution is 2.21. The number of aliphatic hydroxyl groups is 1. The lowest BCUT2D eigenvalue weighted by molar-refractivity contribution is -0.130. The summed E-state index contributed by atoms with van der Waals surface area (Å²) in [7, 11) is 0. The van der Waals surface area contributed by atoms with Crippen molar-refractivity contribution in [3.63, 3.8) is 0 Å². The molecular formula is C15H28N2O2. The fourth-order valence-corrected chi connectivity index (χ4v) is 2.51. The highest BCUT2D eigenvalue weighted by molar-refractivity contribution is 5.80. The summed E-state index contributed by atoms with van der Waals surface area (Å²) in [6, 6.07) is 0. The number of nitrogens with zero attached hydrogens (tertiary/aromatic N) is 2. The minimum atomic E-state index is 0.117. The van der Waals surface area contributed by atoms with Crippen LogP contribution < -0.4 is 0 Å². The largest absolute Gasteiger partial charge is 0.395 e. The van der Waals surface area contributed by atoms with Crippen molar-refractivity contribution < 1.29 is 9.90 Å². The molecule has 1 aliphatic carbocycles. The summed E-state index contributed by atoms with van der Waals surface area (Å²) in [5.74, 6) is 0.167. The maximum absolute atomic E-state index is 12.4. The van der Waals surface area contributed by atoms with Gasteiger partial charge >= 0.3 is 0 Å². The van der Waals surface area contributed by atoms with Gasteiger partial charge in [0.1, 0.15) is 0 Å². The van der Waals surface area contributed by atoms with E-state index in [2.05, 4.69) is 17.9 Å². The lowest BCUT2D eigenvalue weighted by Gasteiger charge is -2.27. The van der Waals surface area contributed by atoms with E-state index in [9.17, 15) is 4.79 Å². The second-order valence-corrected chi connectivity index (χ2v) is 5.08. The van der Waals surface area contributed by atoms with Crippen molar-refractivity contribution in [2.45, 2.75) is 46.0 Å². The molecule has 19 heavy (non-hydrogen) atoms. The molecule has 0 aromatic rings. The molecule has 0 bridgehead atoms. The molecule has 0 atom stereocenters. The number of rotatable bonds is 9. The van der Waals surface area contributed by atoms with E-state index in [1.54, 1.807) is 0 Å². The van der Waals surface area contributed by atoms with Gasteiger partial charge in [0.25, 0.3) is 0 Å². The minimum Gasteiger partial charge on any atom is -0.395 e. The van der Waals surface area contributed by atoms with E-state index in [1.807, 2.05) is 11.8 Å². The van der Waals surface area contributed by atoms with Crippen LogP contribution in [0.4, 0.5) is 0 Å². The average molecular weight is 268 g/mol. The van der Waals surface area contributed by atoms with Crippen molar-refractivity contribution in [2.75, 3.05) is 32.8 Å². The molecule has 0 unspecified atom stereocenters. The summed E-state index contributed by atoms with van der Waals surface area (Å²) >= 11 is 0. The summed E-state index contributed by atoms with van der Waals surface area (Å²) in [4.78, 5) is 16.3. The molecule has 0 fully saturated rings. The molecule has 0 spiro atoms. The van der Waals surface area contributed by atoms with Gasteiger partial charge in [-0.15, -0.1) is 0 Å². The summed E-state index contributed by atoms with van der Waals surface area (Å²) < 4.78 is 0. The van der Waals surface area contributed by atoms with Gasteiger partial charge in [-0.25, -0.2) is 0 Å². The smallest absolute Gasteiger partial charge is 0.240 e. The van der Waals surface area contributed by atoms with Crippen molar-refractivity contribution in [1.82, 2.24) is 9.80 Å². The molecule has 1 N–H and O–H groups in total. The van der Waals surface area contributed by atoms with Crippen molar-refractivity contribution in [3.05, 3.63) is 11.8 Å². The predicted octanol–water partition coefficient (Wildman–Crippen LogP) is 2.00. The van der Waals surface area contributed by atoms with Crippen LogP contribution >= 0.6 is 0 Å². The molecule has 0 aromatic carbocycles. The Morgan fingerprint density at radius 2 is 2.16 bits per heavy atom. The van der Waals surface area contributed by atoms with Crippen molar-refractivity contribution >= 4 is 5.91 Å². The molecule has 4 nitrogen and oxygen atoms in total. The fraction of sp³-hybridized carbons (Fsp3) is 0.800. The highest BCUT2D eigenvalue weighted by atomic mass is 16.3. The number of amides is 1. The van der Waals surface area contributed by atoms with E-state index >= 15 is 0 Å². The summed E-state index contributed by atoms with van der Waals surface area (Å²) in [6.07, 6.45) is 7.64. The topological polar surface area (TPSA) is 43.8 Å². The number of carbonyl (C=O) groups excluding carboxylic acids is 1. The monoisotopic (exact) mass is 268 g/mol. The maximum atomic E-state index is 12.4. The third kappa shape index (κ3) is 5.33. The van der Waals surface area contributed by atoms with Crippen LogP contribution in [0.15, 0.2) is 11.8 Å². The zero-order chi connectivity index (χ0) is 14.1. The van der Waals surface area contributed by atoms with Crippen molar-refractivity contribution in [3.8, 4) is 0 Å². The summed E-state index contributed by atoms with van der Waals surface area (Å²) in [6.45, 7) is 6.92. The van der Waals surface area contributed by atoms with Gasteiger partial charge in [-0.1, -0.05) is 19.4 Å². The van der Waals surface area contributed by atoms with Crippen LogP contribution in [0.25, 0.3) is 0 Å². The van der Waals surface area contributed by atoms with Crippen LogP contribution in [0.1, 0.15) is 46.0 Å². The van der Waals surface area contributed by atoms with Crippen LogP contribution in [0, 0.1) is 0 Å². The van der Waals surface area contributed by atoms with Gasteiger partial charge < -0.3 is 10.0 Å². The SMILES string of the molecule is CCCCN(CCO)CC(=O)N(CC)C1=CCCC1. The van der Waals surface area contributed by atoms with Crippen LogP contribution in [0.5, 0.6) is 0 Å². The third-order valence-corrected chi connectivity index (χ3v) is 3.58. The third-order valence-electron chi connectivity index (χ3n) is 3.58. The van der Waals surface area contributed by atoms with Crippen LogP contribution in [-0.2, 0) is 4.79 Å². The molecule has 0 radical (unpaired) electrons. The molecule has 1 rings (SSSR count). The average Bonchev–Trinajstić information content (AvgIpc) is 2.91. The van der Waals surface area contributed by atoms with Crippen molar-refractivity contribution in [2.24, 2.45) is 0 Å². The standard InChI is InChI=1S/C15H28N2O2/c1-3-5-10-16(11-12-18)13-15(19)17(4-2)14-8-6-7-9-14/h8,18H,3-7,9-13H2,1-2H3. The molecule has 1 aliphatic rings. The predicted molar refractivity (Wildman–Crippen MR) is 77.8 cm³/mol.